The molecule has 0 saturated heterocycles. The van der Waals surface area contributed by atoms with Gasteiger partial charge in [0.25, 0.3) is 0 Å². The van der Waals surface area contributed by atoms with E-state index in [1.165, 1.54) is 12.0 Å². The first-order valence-electron chi connectivity index (χ1n) is 17.2. The minimum atomic E-state index is -0.703. The Balaban J connectivity index is 0.00000109. The molecule has 0 saturated carbocycles. The van der Waals surface area contributed by atoms with Gasteiger partial charge in [-0.1, -0.05) is 131 Å². The Morgan fingerprint density at radius 2 is 1.48 bits per heavy atom. The average Bonchev–Trinajstić information content (AvgIpc) is 3.64. The molecule has 46 heavy (non-hydrogen) atoms. The molecule has 246 valence electrons. The third kappa shape index (κ3) is 9.45. The standard InChI is InChI=1S/C36H40N2O3.C3H8.C2H6/c1-26(2)25-37-35(40)36(32-17-8-6-15-30(32)31-16-7-9-18-33(31)36)22-11-10-12-27-19-20-28(24-27)38-34(39)21-23-41-29-13-4-3-5-14-29;1-3-2;1-2/h3-9,13-19,28H,1,10-12,20-25H2,2H3,(H,37,40)(H,38,39);3H2,1-2H3;1-2H3. The number of rotatable bonds is 13. The van der Waals surface area contributed by atoms with E-state index in [-0.39, 0.29) is 17.9 Å². The topological polar surface area (TPSA) is 67.4 Å². The maximum Gasteiger partial charge on any atom is 0.235 e. The zero-order valence-electron chi connectivity index (χ0n) is 28.7. The molecular formula is C41H54N2O3. The number of nitrogens with one attached hydrogen (secondary N) is 2. The van der Waals surface area contributed by atoms with Crippen LogP contribution in [0.4, 0.5) is 0 Å². The van der Waals surface area contributed by atoms with Gasteiger partial charge < -0.3 is 15.4 Å². The third-order valence-corrected chi connectivity index (χ3v) is 8.21. The molecule has 0 heterocycles. The van der Waals surface area contributed by atoms with Crippen molar-refractivity contribution in [3.63, 3.8) is 0 Å². The molecule has 3 aromatic rings. The molecule has 0 fully saturated rings. The Morgan fingerprint density at radius 1 is 0.891 bits per heavy atom. The maximum atomic E-state index is 13.9. The van der Waals surface area contributed by atoms with Crippen LogP contribution in [0.5, 0.6) is 5.75 Å². The zero-order valence-corrected chi connectivity index (χ0v) is 28.7. The van der Waals surface area contributed by atoms with E-state index in [9.17, 15) is 9.59 Å². The lowest BCUT2D eigenvalue weighted by molar-refractivity contribution is -0.125. The second-order valence-electron chi connectivity index (χ2n) is 12.0. The van der Waals surface area contributed by atoms with Gasteiger partial charge in [0, 0.05) is 12.6 Å². The van der Waals surface area contributed by atoms with Gasteiger partial charge in [0.05, 0.1) is 13.0 Å². The Bertz CT molecular complexity index is 1400. The molecule has 1 atom stereocenters. The van der Waals surface area contributed by atoms with E-state index in [1.54, 1.807) is 0 Å². The van der Waals surface area contributed by atoms with Gasteiger partial charge in [0.1, 0.15) is 11.2 Å². The van der Waals surface area contributed by atoms with Crippen molar-refractivity contribution in [2.45, 2.75) is 97.4 Å². The monoisotopic (exact) mass is 622 g/mol. The molecule has 2 amide bonds. The predicted molar refractivity (Wildman–Crippen MR) is 192 cm³/mol. The first-order valence-corrected chi connectivity index (χ1v) is 17.2. The number of hydrogen-bond donors (Lipinski definition) is 2. The highest BCUT2D eigenvalue weighted by Gasteiger charge is 2.48. The summed E-state index contributed by atoms with van der Waals surface area (Å²) in [7, 11) is 0. The van der Waals surface area contributed by atoms with E-state index in [1.807, 2.05) is 63.2 Å². The Morgan fingerprint density at radius 3 is 2.09 bits per heavy atom. The molecule has 5 rings (SSSR count). The van der Waals surface area contributed by atoms with Gasteiger partial charge in [-0.15, -0.1) is 0 Å². The van der Waals surface area contributed by atoms with Gasteiger partial charge in [-0.2, -0.15) is 0 Å². The molecule has 2 aliphatic carbocycles. The van der Waals surface area contributed by atoms with Crippen molar-refractivity contribution in [3.05, 3.63) is 114 Å². The van der Waals surface area contributed by atoms with Crippen LogP contribution in [0.15, 0.2) is 103 Å². The molecule has 2 N–H and O–H groups in total. The number of carbonyl (C=O) groups excluding carboxylic acids is 2. The van der Waals surface area contributed by atoms with Crippen LogP contribution in [-0.4, -0.2) is 31.0 Å². The Hall–Kier alpha value is -4.12. The molecule has 3 aromatic carbocycles. The molecule has 2 aliphatic rings. The normalized spacial score (nSPS) is 15.1. The number of para-hydroxylation sites is 1. The van der Waals surface area contributed by atoms with Crippen molar-refractivity contribution in [2.75, 3.05) is 13.2 Å². The first-order chi connectivity index (χ1) is 22.4. The molecule has 5 heteroatoms. The Kier molecular flexibility index (Phi) is 14.8. The predicted octanol–water partition coefficient (Wildman–Crippen LogP) is 9.32. The molecule has 0 bridgehead atoms. The number of unbranched alkanes of at least 4 members (excludes halogenated alkanes) is 1. The van der Waals surface area contributed by atoms with Crippen LogP contribution in [-0.2, 0) is 15.0 Å². The van der Waals surface area contributed by atoms with Gasteiger partial charge in [-0.3, -0.25) is 9.59 Å². The highest BCUT2D eigenvalue weighted by molar-refractivity contribution is 6.00. The zero-order chi connectivity index (χ0) is 33.4. The fourth-order valence-corrected chi connectivity index (χ4v) is 6.26. The van der Waals surface area contributed by atoms with Crippen LogP contribution in [0.1, 0.15) is 97.1 Å². The fraction of sp³-hybridized carbons (Fsp3) is 0.415. The van der Waals surface area contributed by atoms with Crippen LogP contribution < -0.4 is 15.4 Å². The average molecular weight is 623 g/mol. The second-order valence-corrected chi connectivity index (χ2v) is 12.0. The number of fused-ring (bicyclic) bond motifs is 3. The van der Waals surface area contributed by atoms with Crippen molar-refractivity contribution in [2.24, 2.45) is 0 Å². The molecule has 0 aromatic heterocycles. The number of carbonyl (C=O) groups is 2. The summed E-state index contributed by atoms with van der Waals surface area (Å²) in [5.41, 5.74) is 6.12. The summed E-state index contributed by atoms with van der Waals surface area (Å²) in [5.74, 6) is 0.864. The molecule has 5 nitrogen and oxygen atoms in total. The minimum Gasteiger partial charge on any atom is -0.493 e. The van der Waals surface area contributed by atoms with Gasteiger partial charge in [0.15, 0.2) is 0 Å². The lowest BCUT2D eigenvalue weighted by Gasteiger charge is -2.31. The van der Waals surface area contributed by atoms with E-state index >= 15 is 0 Å². The summed E-state index contributed by atoms with van der Waals surface area (Å²) in [5, 5.41) is 6.34. The van der Waals surface area contributed by atoms with E-state index in [2.05, 4.69) is 73.5 Å². The largest absolute Gasteiger partial charge is 0.493 e. The summed E-state index contributed by atoms with van der Waals surface area (Å²) in [6, 6.07) is 26.4. The highest BCUT2D eigenvalue weighted by atomic mass is 16.5. The molecular weight excluding hydrogens is 568 g/mol. The van der Waals surface area contributed by atoms with E-state index in [0.29, 0.717) is 19.6 Å². The van der Waals surface area contributed by atoms with E-state index in [0.717, 1.165) is 72.1 Å². The first kappa shape index (κ1) is 36.3. The van der Waals surface area contributed by atoms with Crippen molar-refractivity contribution in [1.29, 1.82) is 0 Å². The van der Waals surface area contributed by atoms with Gasteiger partial charge >= 0.3 is 0 Å². The fourth-order valence-electron chi connectivity index (χ4n) is 6.26. The van der Waals surface area contributed by atoms with Crippen molar-refractivity contribution >= 4 is 11.8 Å². The van der Waals surface area contributed by atoms with Crippen LogP contribution in [0.3, 0.4) is 0 Å². The molecule has 0 radical (unpaired) electrons. The van der Waals surface area contributed by atoms with Gasteiger partial charge in [0.2, 0.25) is 11.8 Å². The third-order valence-electron chi connectivity index (χ3n) is 8.21. The van der Waals surface area contributed by atoms with Crippen LogP contribution in [0.25, 0.3) is 11.1 Å². The quantitative estimate of drug-likeness (QED) is 0.147. The summed E-state index contributed by atoms with van der Waals surface area (Å²) in [6.07, 6.45) is 9.29. The van der Waals surface area contributed by atoms with Crippen molar-refractivity contribution in [1.82, 2.24) is 10.6 Å². The van der Waals surface area contributed by atoms with E-state index < -0.39 is 5.41 Å². The Labute approximate surface area is 277 Å². The lowest BCUT2D eigenvalue weighted by atomic mass is 9.73. The number of benzene rings is 3. The summed E-state index contributed by atoms with van der Waals surface area (Å²) < 4.78 is 5.66. The van der Waals surface area contributed by atoms with E-state index in [4.69, 9.17) is 4.74 Å². The second kappa shape index (κ2) is 18.8. The lowest BCUT2D eigenvalue weighted by Crippen LogP contribution is -2.44. The summed E-state index contributed by atoms with van der Waals surface area (Å²) in [6.45, 7) is 15.0. The number of ether oxygens (including phenoxy) is 1. The SMILES string of the molecule is C=C(C)CNC(=O)C1(CCCCC2=CCC(NC(=O)CCOc3ccccc3)C2)c2ccccc2-c2ccccc21.CC.CCC. The molecule has 1 unspecified atom stereocenters. The van der Waals surface area contributed by atoms with Gasteiger partial charge in [-0.25, -0.2) is 0 Å². The molecule has 0 spiro atoms. The van der Waals surface area contributed by atoms with Gasteiger partial charge in [-0.05, 0) is 73.4 Å². The maximum absolute atomic E-state index is 13.9. The summed E-state index contributed by atoms with van der Waals surface area (Å²) in [4.78, 5) is 26.4. The molecule has 0 aliphatic heterocycles. The highest BCUT2D eigenvalue weighted by Crippen LogP contribution is 2.51. The number of amides is 2. The van der Waals surface area contributed by atoms with Crippen molar-refractivity contribution in [3.8, 4) is 16.9 Å². The van der Waals surface area contributed by atoms with Crippen LogP contribution in [0.2, 0.25) is 0 Å². The smallest absolute Gasteiger partial charge is 0.235 e. The van der Waals surface area contributed by atoms with Crippen molar-refractivity contribution < 1.29 is 14.3 Å². The summed E-state index contributed by atoms with van der Waals surface area (Å²) >= 11 is 0. The minimum absolute atomic E-state index is 0.0295. The van der Waals surface area contributed by atoms with Crippen LogP contribution >= 0.6 is 0 Å². The number of hydrogen-bond acceptors (Lipinski definition) is 3. The van der Waals surface area contributed by atoms with Crippen LogP contribution in [0, 0.1) is 0 Å².